The fraction of sp³-hybridized carbons (Fsp3) is 0.362. The number of amides is 4. The number of phenols is 1. The highest BCUT2D eigenvalue weighted by Crippen LogP contribution is 2.38. The summed E-state index contributed by atoms with van der Waals surface area (Å²) in [5, 5.41) is 12.2. The molecule has 4 aliphatic rings. The Labute approximate surface area is 349 Å². The molecule has 3 saturated heterocycles. The van der Waals surface area contributed by atoms with Gasteiger partial charge in [-0.05, 0) is 110 Å². The average Bonchev–Trinajstić information content (AvgIpc) is 3.46. The van der Waals surface area contributed by atoms with Crippen molar-refractivity contribution in [1.82, 2.24) is 15.1 Å². The number of allylic oxidation sites excluding steroid dienone is 1. The van der Waals surface area contributed by atoms with Crippen LogP contribution in [0, 0.1) is 11.7 Å². The second kappa shape index (κ2) is 17.0. The van der Waals surface area contributed by atoms with E-state index in [9.17, 15) is 24.3 Å². The van der Waals surface area contributed by atoms with E-state index in [2.05, 4.69) is 65.4 Å². The summed E-state index contributed by atoms with van der Waals surface area (Å²) in [6.45, 7) is 8.41. The normalized spacial score (nSPS) is 22.1. The van der Waals surface area contributed by atoms with Gasteiger partial charge in [-0.2, -0.15) is 0 Å². The van der Waals surface area contributed by atoms with Crippen molar-refractivity contribution in [3.63, 3.8) is 0 Å². The predicted molar refractivity (Wildman–Crippen MR) is 228 cm³/mol. The van der Waals surface area contributed by atoms with E-state index in [-0.39, 0.29) is 47.5 Å². The molecule has 59 heavy (non-hydrogen) atoms. The summed E-state index contributed by atoms with van der Waals surface area (Å²) < 4.78 is 15.8. The number of halogens is 2. The smallest absolute Gasteiger partial charge is 0.262 e. The minimum Gasteiger partial charge on any atom is -0.508 e. The number of carbonyl (C=O) groups excluding carboxylic acids is 4. The molecule has 4 aliphatic heterocycles. The van der Waals surface area contributed by atoms with Gasteiger partial charge in [-0.3, -0.25) is 34.3 Å². The van der Waals surface area contributed by atoms with Gasteiger partial charge in [0.25, 0.3) is 11.8 Å². The average molecular weight is 818 g/mol. The van der Waals surface area contributed by atoms with Crippen LogP contribution in [0.5, 0.6) is 5.75 Å². The first-order valence-corrected chi connectivity index (χ1v) is 21.1. The molecule has 0 radical (unpaired) electrons. The Morgan fingerprint density at radius 3 is 2.02 bits per heavy atom. The Kier molecular flexibility index (Phi) is 11.6. The second-order valence-corrected chi connectivity index (χ2v) is 16.7. The zero-order valence-corrected chi connectivity index (χ0v) is 34.1. The molecule has 4 amide bonds. The van der Waals surface area contributed by atoms with E-state index < -0.39 is 35.5 Å². The summed E-state index contributed by atoms with van der Waals surface area (Å²) >= 11 is 6.36. The van der Waals surface area contributed by atoms with Crippen LogP contribution in [-0.4, -0.2) is 95.3 Å². The number of carbonyl (C=O) groups is 4. The molecule has 8 rings (SSSR count). The van der Waals surface area contributed by atoms with Crippen molar-refractivity contribution in [2.45, 2.75) is 64.1 Å². The van der Waals surface area contributed by atoms with Gasteiger partial charge in [0.1, 0.15) is 17.6 Å². The van der Waals surface area contributed by atoms with Crippen LogP contribution >= 0.6 is 11.6 Å². The van der Waals surface area contributed by atoms with Gasteiger partial charge in [0.05, 0.1) is 16.8 Å². The molecule has 12 heteroatoms. The molecule has 3 unspecified atom stereocenters. The third-order valence-corrected chi connectivity index (χ3v) is 12.5. The first-order valence-electron chi connectivity index (χ1n) is 20.6. The minimum absolute atomic E-state index is 0.0187. The standard InChI is InChI=1S/C47H49ClFN5O5/c1-29-26-51(27-30(2)53(29)42-25-39-38(24-40(42)49)46(58)54(47(39)59)41-16-17-43(56)50-45(41)57)28-31-19-22-52(23-20-31)35-12-8-33(9-13-35)44(34-10-14-36(55)15-11-34)37(18-21-48)32-6-4-3-5-7-32/h3-15,24-25,29-31,41,55H,16-23,26-28H2,1-2H3,(H,50,56,57). The van der Waals surface area contributed by atoms with Gasteiger partial charge < -0.3 is 14.9 Å². The van der Waals surface area contributed by atoms with Gasteiger partial charge in [0.2, 0.25) is 11.8 Å². The van der Waals surface area contributed by atoms with Crippen LogP contribution in [0.15, 0.2) is 91.0 Å². The van der Waals surface area contributed by atoms with E-state index in [1.54, 1.807) is 12.1 Å². The summed E-state index contributed by atoms with van der Waals surface area (Å²) in [4.78, 5) is 58.8. The third kappa shape index (κ3) is 8.10. The fourth-order valence-corrected chi connectivity index (χ4v) is 9.79. The van der Waals surface area contributed by atoms with Gasteiger partial charge in [0.15, 0.2) is 0 Å². The summed E-state index contributed by atoms with van der Waals surface area (Å²) in [5.41, 5.74) is 6.98. The molecule has 3 fully saturated rings. The topological polar surface area (TPSA) is 114 Å². The van der Waals surface area contributed by atoms with Crippen molar-refractivity contribution in [2.24, 2.45) is 5.92 Å². The van der Waals surface area contributed by atoms with Crippen molar-refractivity contribution in [2.75, 3.05) is 48.4 Å². The molecule has 0 aliphatic carbocycles. The second-order valence-electron chi connectivity index (χ2n) is 16.3. The van der Waals surface area contributed by atoms with E-state index in [1.165, 1.54) is 11.8 Å². The number of nitrogens with one attached hydrogen (secondary N) is 1. The zero-order chi connectivity index (χ0) is 41.4. The Morgan fingerprint density at radius 1 is 0.797 bits per heavy atom. The van der Waals surface area contributed by atoms with Crippen molar-refractivity contribution < 1.29 is 28.7 Å². The van der Waals surface area contributed by atoms with E-state index in [0.29, 0.717) is 18.2 Å². The number of phenolic OH excluding ortho intramolecular Hbond substituents is 1. The molecule has 2 N–H and O–H groups in total. The Balaban J connectivity index is 0.907. The number of piperazine rings is 1. The van der Waals surface area contributed by atoms with Crippen LogP contribution < -0.4 is 15.1 Å². The molecule has 0 spiro atoms. The number of imide groups is 2. The zero-order valence-electron chi connectivity index (χ0n) is 33.4. The number of piperidine rings is 2. The Morgan fingerprint density at radius 2 is 1.41 bits per heavy atom. The largest absolute Gasteiger partial charge is 0.508 e. The van der Waals surface area contributed by atoms with Crippen LogP contribution in [0.1, 0.15) is 83.4 Å². The van der Waals surface area contributed by atoms with Gasteiger partial charge in [-0.15, -0.1) is 11.6 Å². The summed E-state index contributed by atoms with van der Waals surface area (Å²) in [6.07, 6.45) is 2.87. The first-order chi connectivity index (χ1) is 28.5. The summed E-state index contributed by atoms with van der Waals surface area (Å²) in [7, 11) is 0. The van der Waals surface area contributed by atoms with Crippen molar-refractivity contribution in [3.8, 4) is 5.75 Å². The number of nitrogens with zero attached hydrogens (tertiary/aromatic N) is 4. The van der Waals surface area contributed by atoms with E-state index in [1.807, 2.05) is 35.2 Å². The van der Waals surface area contributed by atoms with Gasteiger partial charge in [0, 0.05) is 62.8 Å². The molecule has 4 aromatic carbocycles. The van der Waals surface area contributed by atoms with Gasteiger partial charge >= 0.3 is 0 Å². The van der Waals surface area contributed by atoms with Crippen molar-refractivity contribution in [3.05, 3.63) is 125 Å². The Bertz CT molecular complexity index is 2260. The van der Waals surface area contributed by atoms with Gasteiger partial charge in [-0.25, -0.2) is 4.39 Å². The molecule has 3 atom stereocenters. The number of hydrogen-bond acceptors (Lipinski definition) is 8. The van der Waals surface area contributed by atoms with Crippen molar-refractivity contribution in [1.29, 1.82) is 0 Å². The van der Waals surface area contributed by atoms with Crippen LogP contribution in [0.4, 0.5) is 15.8 Å². The van der Waals surface area contributed by atoms with E-state index >= 15 is 4.39 Å². The summed E-state index contributed by atoms with van der Waals surface area (Å²) in [5.74, 6) is -1.85. The van der Waals surface area contributed by atoms with Crippen LogP contribution in [0.3, 0.4) is 0 Å². The highest BCUT2D eigenvalue weighted by molar-refractivity contribution is 6.24. The fourth-order valence-electron chi connectivity index (χ4n) is 9.60. The van der Waals surface area contributed by atoms with E-state index in [4.69, 9.17) is 11.6 Å². The maximum atomic E-state index is 15.8. The lowest BCUT2D eigenvalue weighted by atomic mass is 9.88. The summed E-state index contributed by atoms with van der Waals surface area (Å²) in [6, 6.07) is 27.8. The SMILES string of the molecule is CC1CN(CC2CCN(c3ccc(C(=C(CCCl)c4ccccc4)c4ccc(O)cc4)cc3)CC2)CC(C)N1c1cc2c(cc1F)C(=O)N(C1CCC(=O)NC1=O)C2=O. The number of aromatic hydroxyl groups is 1. The first kappa shape index (κ1) is 40.3. The lowest BCUT2D eigenvalue weighted by molar-refractivity contribution is -0.136. The minimum atomic E-state index is -1.10. The lowest BCUT2D eigenvalue weighted by Crippen LogP contribution is -2.58. The van der Waals surface area contributed by atoms with Crippen LogP contribution in [-0.2, 0) is 9.59 Å². The monoisotopic (exact) mass is 817 g/mol. The number of fused-ring (bicyclic) bond motifs is 1. The molecule has 0 aromatic heterocycles. The molecule has 0 bridgehead atoms. The molecular weight excluding hydrogens is 769 g/mol. The van der Waals surface area contributed by atoms with Crippen molar-refractivity contribution >= 4 is 57.8 Å². The quantitative estimate of drug-likeness (QED) is 0.0973. The number of alkyl halides is 1. The third-order valence-electron chi connectivity index (χ3n) is 12.4. The predicted octanol–water partition coefficient (Wildman–Crippen LogP) is 7.34. The number of rotatable bonds is 10. The van der Waals surface area contributed by atoms with Crippen LogP contribution in [0.25, 0.3) is 11.1 Å². The lowest BCUT2D eigenvalue weighted by Gasteiger charge is -2.47. The molecule has 0 saturated carbocycles. The number of benzene rings is 4. The molecular formula is C47H49ClFN5O5. The number of hydrogen-bond donors (Lipinski definition) is 2. The van der Waals surface area contributed by atoms with Gasteiger partial charge in [-0.1, -0.05) is 54.6 Å². The molecule has 306 valence electrons. The van der Waals surface area contributed by atoms with E-state index in [0.717, 1.165) is 84.4 Å². The maximum absolute atomic E-state index is 15.8. The molecule has 4 aromatic rings. The number of anilines is 2. The highest BCUT2D eigenvalue weighted by Gasteiger charge is 2.46. The Hall–Kier alpha value is -5.52. The highest BCUT2D eigenvalue weighted by atomic mass is 35.5. The van der Waals surface area contributed by atoms with Crippen LogP contribution in [0.2, 0.25) is 0 Å². The molecule has 10 nitrogen and oxygen atoms in total. The molecule has 4 heterocycles. The maximum Gasteiger partial charge on any atom is 0.262 e.